The lowest BCUT2D eigenvalue weighted by molar-refractivity contribution is -0.193. The fourth-order valence-electron chi connectivity index (χ4n) is 3.66. The van der Waals surface area contributed by atoms with E-state index in [1.165, 1.54) is 12.3 Å². The molecule has 0 bridgehead atoms. The van der Waals surface area contributed by atoms with Crippen LogP contribution < -0.4 is 5.32 Å². The minimum atomic E-state index is -5.08. The Bertz CT molecular complexity index is 1200. The Morgan fingerprint density at radius 2 is 1.61 bits per heavy atom. The van der Waals surface area contributed by atoms with Gasteiger partial charge in [-0.3, -0.25) is 14.6 Å². The maximum Gasteiger partial charge on any atom is 0.490 e. The van der Waals surface area contributed by atoms with E-state index in [9.17, 15) is 40.3 Å². The Morgan fingerprint density at radius 1 is 1.00 bits per heavy atom. The topological polar surface area (TPSA) is 159 Å². The summed E-state index contributed by atoms with van der Waals surface area (Å²) in [6.45, 7) is 0.953. The van der Waals surface area contributed by atoms with Crippen LogP contribution in [-0.4, -0.2) is 86.5 Å². The molecule has 0 unspecified atom stereocenters. The van der Waals surface area contributed by atoms with Gasteiger partial charge in [-0.1, -0.05) is 0 Å². The molecule has 2 fully saturated rings. The van der Waals surface area contributed by atoms with E-state index in [1.807, 2.05) is 0 Å². The minimum absolute atomic E-state index is 0.195. The van der Waals surface area contributed by atoms with E-state index in [4.69, 9.17) is 24.5 Å². The van der Waals surface area contributed by atoms with Crippen molar-refractivity contribution in [3.63, 3.8) is 0 Å². The number of rotatable bonds is 3. The first kappa shape index (κ1) is 32.9. The van der Waals surface area contributed by atoms with Crippen LogP contribution in [0.1, 0.15) is 23.2 Å². The number of alkyl halides is 6. The van der Waals surface area contributed by atoms with Crippen molar-refractivity contribution in [2.75, 3.05) is 18.4 Å². The molecule has 4 heterocycles. The van der Waals surface area contributed by atoms with Gasteiger partial charge in [-0.25, -0.2) is 14.6 Å². The lowest BCUT2D eigenvalue weighted by Gasteiger charge is -2.34. The number of carboxylic acids is 2. The number of carboxylic acid groups (broad SMARTS) is 2. The molecule has 224 valence electrons. The summed E-state index contributed by atoms with van der Waals surface area (Å²) in [5, 5.41) is 17.1. The first-order valence-corrected chi connectivity index (χ1v) is 11.4. The van der Waals surface area contributed by atoms with Crippen molar-refractivity contribution in [1.29, 1.82) is 0 Å². The molecule has 3 atom stereocenters. The number of nitrogens with one attached hydrogen (secondary N) is 1. The van der Waals surface area contributed by atoms with Gasteiger partial charge in [0.1, 0.15) is 6.10 Å². The number of nitrogens with zero attached hydrogens (tertiary/aromatic N) is 3. The van der Waals surface area contributed by atoms with Crippen LogP contribution in [0.25, 0.3) is 0 Å². The summed E-state index contributed by atoms with van der Waals surface area (Å²) in [5.74, 6) is -6.42. The van der Waals surface area contributed by atoms with Crippen LogP contribution in [0.3, 0.4) is 0 Å². The lowest BCUT2D eigenvalue weighted by atomic mass is 9.91. The van der Waals surface area contributed by atoms with Gasteiger partial charge < -0.3 is 25.2 Å². The molecular formula is C23H21F7N4O7. The fourth-order valence-corrected chi connectivity index (χ4v) is 3.66. The summed E-state index contributed by atoms with van der Waals surface area (Å²) in [4.78, 5) is 51.9. The van der Waals surface area contributed by atoms with E-state index in [-0.39, 0.29) is 29.4 Å². The van der Waals surface area contributed by atoms with Gasteiger partial charge >= 0.3 is 24.3 Å². The molecule has 0 spiro atoms. The zero-order valence-electron chi connectivity index (χ0n) is 20.5. The summed E-state index contributed by atoms with van der Waals surface area (Å²) in [5.41, 5.74) is 0.891. The predicted molar refractivity (Wildman–Crippen MR) is 122 cm³/mol. The normalized spacial score (nSPS) is 19.9. The molecule has 41 heavy (non-hydrogen) atoms. The maximum absolute atomic E-state index is 13.3. The van der Waals surface area contributed by atoms with E-state index in [0.29, 0.717) is 25.2 Å². The number of likely N-dealkylation sites (tertiary alicyclic amines) is 1. The molecule has 2 aliphatic rings. The zero-order valence-corrected chi connectivity index (χ0v) is 20.5. The molecular weight excluding hydrogens is 577 g/mol. The zero-order chi connectivity index (χ0) is 31.0. The van der Waals surface area contributed by atoms with E-state index >= 15 is 0 Å². The molecule has 0 radical (unpaired) electrons. The van der Waals surface area contributed by atoms with Gasteiger partial charge in [0, 0.05) is 37.1 Å². The van der Waals surface area contributed by atoms with Crippen LogP contribution in [0.15, 0.2) is 42.9 Å². The number of aromatic nitrogens is 2. The summed E-state index contributed by atoms with van der Waals surface area (Å²) < 4.78 is 82.7. The number of anilines is 1. The van der Waals surface area contributed by atoms with Gasteiger partial charge in [0.15, 0.2) is 0 Å². The van der Waals surface area contributed by atoms with Crippen LogP contribution in [0, 0.1) is 11.9 Å². The molecule has 2 aromatic rings. The Kier molecular flexibility index (Phi) is 11.1. The second-order valence-corrected chi connectivity index (χ2v) is 8.40. The summed E-state index contributed by atoms with van der Waals surface area (Å²) in [6, 6.07) is 6.14. The molecule has 0 aromatic carbocycles. The molecule has 0 aliphatic carbocycles. The molecule has 3 N–H and O–H groups in total. The van der Waals surface area contributed by atoms with Crippen LogP contribution >= 0.6 is 0 Å². The van der Waals surface area contributed by atoms with Crippen molar-refractivity contribution in [3.05, 3.63) is 54.4 Å². The van der Waals surface area contributed by atoms with Crippen molar-refractivity contribution >= 4 is 29.4 Å². The summed E-state index contributed by atoms with van der Waals surface area (Å²) >= 11 is 0. The second kappa shape index (κ2) is 13.8. The highest BCUT2D eigenvalue weighted by molar-refractivity contribution is 5.95. The number of carbonyl (C=O) groups is 4. The van der Waals surface area contributed by atoms with Gasteiger partial charge in [0.2, 0.25) is 5.95 Å². The maximum atomic E-state index is 13.3. The first-order valence-electron chi connectivity index (χ1n) is 11.4. The Balaban J connectivity index is 0.000000349. The Hall–Kier alpha value is -4.35. The number of fused-ring (bicyclic) bond motifs is 1. The van der Waals surface area contributed by atoms with Crippen LogP contribution in [0.4, 0.5) is 36.4 Å². The molecule has 2 aliphatic heterocycles. The first-order chi connectivity index (χ1) is 19.0. The van der Waals surface area contributed by atoms with Gasteiger partial charge in [-0.15, -0.1) is 0 Å². The standard InChI is InChI=1S/C19H19FN4O3.2C2HF3O2/c20-17-9-13(3-6-22-17)19(26)24-7-4-12-8-15(27-16(12)11-24)18(25)23-14-2-1-5-21-10-14;2*3-2(4,5)1(6)7/h1-3,5-6,9-10,12,15-16H,4,7-8,11H2,(H,23,25);2*(H,6,7)/t12-,15+,16-;;/m0../s1. The largest absolute Gasteiger partial charge is 0.490 e. The predicted octanol–water partition coefficient (Wildman–Crippen LogP) is 3.14. The van der Waals surface area contributed by atoms with Gasteiger partial charge in [-0.05, 0) is 37.0 Å². The highest BCUT2D eigenvalue weighted by Gasteiger charge is 2.43. The SMILES string of the molecule is O=C(Nc1cccnc1)[C@H]1C[C@@H]2CCN(C(=O)c3ccnc(F)c3)C[C@@H]2O1.O=C(O)C(F)(F)F.O=C(O)C(F)(F)F. The summed E-state index contributed by atoms with van der Waals surface area (Å²) in [6.07, 6.45) is -5.04. The number of aliphatic carboxylic acids is 2. The van der Waals surface area contributed by atoms with E-state index < -0.39 is 36.3 Å². The number of piperidine rings is 1. The summed E-state index contributed by atoms with van der Waals surface area (Å²) in [7, 11) is 0. The highest BCUT2D eigenvalue weighted by atomic mass is 19.4. The smallest absolute Gasteiger partial charge is 0.475 e. The number of hydrogen-bond acceptors (Lipinski definition) is 7. The van der Waals surface area contributed by atoms with Crippen molar-refractivity contribution in [2.45, 2.75) is 37.4 Å². The van der Waals surface area contributed by atoms with Crippen LogP contribution in [0.5, 0.6) is 0 Å². The molecule has 2 aromatic heterocycles. The molecule has 2 amide bonds. The molecule has 0 saturated carbocycles. The molecule has 11 nitrogen and oxygen atoms in total. The van der Waals surface area contributed by atoms with Crippen molar-refractivity contribution in [3.8, 4) is 0 Å². The van der Waals surface area contributed by atoms with E-state index in [2.05, 4.69) is 15.3 Å². The number of carbonyl (C=O) groups excluding carboxylic acids is 2. The van der Waals surface area contributed by atoms with E-state index in [0.717, 1.165) is 12.5 Å². The number of halogens is 7. The number of ether oxygens (including phenoxy) is 1. The molecule has 18 heteroatoms. The second-order valence-electron chi connectivity index (χ2n) is 8.40. The van der Waals surface area contributed by atoms with Crippen molar-refractivity contribution < 1.29 is 64.9 Å². The number of pyridine rings is 2. The van der Waals surface area contributed by atoms with Gasteiger partial charge in [0.25, 0.3) is 11.8 Å². The van der Waals surface area contributed by atoms with Crippen LogP contribution in [0.2, 0.25) is 0 Å². The highest BCUT2D eigenvalue weighted by Crippen LogP contribution is 2.34. The average Bonchev–Trinajstić information content (AvgIpc) is 3.32. The number of hydrogen-bond donors (Lipinski definition) is 3. The average molecular weight is 598 g/mol. The lowest BCUT2D eigenvalue weighted by Crippen LogP contribution is -2.45. The van der Waals surface area contributed by atoms with Gasteiger partial charge in [0.05, 0.1) is 18.0 Å². The van der Waals surface area contributed by atoms with Crippen molar-refractivity contribution in [2.24, 2.45) is 5.92 Å². The third-order valence-corrected chi connectivity index (χ3v) is 5.52. The third kappa shape index (κ3) is 10.3. The van der Waals surface area contributed by atoms with Crippen LogP contribution in [-0.2, 0) is 19.1 Å². The molecule has 2 saturated heterocycles. The third-order valence-electron chi connectivity index (χ3n) is 5.52. The van der Waals surface area contributed by atoms with Gasteiger partial charge in [-0.2, -0.15) is 30.7 Å². The van der Waals surface area contributed by atoms with Crippen molar-refractivity contribution in [1.82, 2.24) is 14.9 Å². The monoisotopic (exact) mass is 598 g/mol. The van der Waals surface area contributed by atoms with E-state index in [1.54, 1.807) is 29.4 Å². The Labute approximate surface area is 225 Å². The Morgan fingerprint density at radius 3 is 2.12 bits per heavy atom. The quantitative estimate of drug-likeness (QED) is 0.357. The number of amides is 2. The molecule has 4 rings (SSSR count). The minimum Gasteiger partial charge on any atom is -0.475 e. The fraction of sp³-hybridized carbons (Fsp3) is 0.391.